The molecule has 0 N–H and O–H groups in total. The number of likely N-dealkylation sites (tertiary alicyclic amines) is 1. The first-order valence-corrected chi connectivity index (χ1v) is 12.4. The van der Waals surface area contributed by atoms with Crippen LogP contribution in [0.4, 0.5) is 0 Å². The van der Waals surface area contributed by atoms with Crippen molar-refractivity contribution in [1.29, 1.82) is 0 Å². The van der Waals surface area contributed by atoms with Crippen molar-refractivity contribution >= 4 is 27.7 Å². The second-order valence-corrected chi connectivity index (χ2v) is 10.1. The number of amides is 2. The average Bonchev–Trinajstić information content (AvgIpc) is 2.80. The molecule has 0 bridgehead atoms. The Morgan fingerprint density at radius 3 is 2.35 bits per heavy atom. The Labute approximate surface area is 194 Å². The molecule has 3 fully saturated rings. The Hall–Kier alpha value is -1.44. The van der Waals surface area contributed by atoms with E-state index in [0.29, 0.717) is 38.9 Å². The third kappa shape index (κ3) is 4.99. The fourth-order valence-corrected chi connectivity index (χ4v) is 5.54. The van der Waals surface area contributed by atoms with Crippen LogP contribution in [0.25, 0.3) is 0 Å². The zero-order chi connectivity index (χ0) is 21.8. The van der Waals surface area contributed by atoms with Gasteiger partial charge in [-0.15, -0.1) is 0 Å². The topological polar surface area (TPSA) is 53.1 Å². The lowest BCUT2D eigenvalue weighted by Gasteiger charge is -2.43. The number of piperidine rings is 1. The number of nitrogens with zero attached hydrogens (tertiary/aromatic N) is 3. The van der Waals surface area contributed by atoms with Gasteiger partial charge in [-0.05, 0) is 56.7 Å². The molecule has 7 heteroatoms. The fourth-order valence-electron chi connectivity index (χ4n) is 5.28. The molecule has 4 rings (SSSR count). The van der Waals surface area contributed by atoms with Gasteiger partial charge < -0.3 is 14.5 Å². The lowest BCUT2D eigenvalue weighted by atomic mass is 9.73. The molecule has 3 heterocycles. The van der Waals surface area contributed by atoms with Crippen molar-refractivity contribution in [3.8, 4) is 0 Å². The van der Waals surface area contributed by atoms with Crippen molar-refractivity contribution in [2.45, 2.75) is 50.5 Å². The summed E-state index contributed by atoms with van der Waals surface area (Å²) in [7, 11) is 0. The van der Waals surface area contributed by atoms with E-state index in [1.54, 1.807) is 0 Å². The summed E-state index contributed by atoms with van der Waals surface area (Å²) >= 11 is 3.50. The van der Waals surface area contributed by atoms with Gasteiger partial charge in [-0.25, -0.2) is 0 Å². The summed E-state index contributed by atoms with van der Waals surface area (Å²) in [5.41, 5.74) is 0.584. The van der Waals surface area contributed by atoms with E-state index in [1.165, 1.54) is 6.42 Å². The van der Waals surface area contributed by atoms with Crippen molar-refractivity contribution in [2.75, 3.05) is 52.5 Å². The molecule has 6 nitrogen and oxygen atoms in total. The van der Waals surface area contributed by atoms with Gasteiger partial charge in [0.2, 0.25) is 11.8 Å². The van der Waals surface area contributed by atoms with Crippen LogP contribution < -0.4 is 0 Å². The zero-order valence-corrected chi connectivity index (χ0v) is 20.1. The van der Waals surface area contributed by atoms with Crippen molar-refractivity contribution in [2.24, 2.45) is 0 Å². The van der Waals surface area contributed by atoms with Gasteiger partial charge in [-0.3, -0.25) is 14.5 Å². The molecule has 3 aliphatic heterocycles. The largest absolute Gasteiger partial charge is 0.381 e. The molecule has 1 unspecified atom stereocenters. The number of piperazine rings is 1. The minimum Gasteiger partial charge on any atom is -0.381 e. The van der Waals surface area contributed by atoms with Crippen molar-refractivity contribution in [1.82, 2.24) is 14.7 Å². The van der Waals surface area contributed by atoms with Gasteiger partial charge in [-0.1, -0.05) is 28.1 Å². The van der Waals surface area contributed by atoms with E-state index >= 15 is 0 Å². The number of carbonyl (C=O) groups is 2. The van der Waals surface area contributed by atoms with E-state index in [-0.39, 0.29) is 11.8 Å². The highest BCUT2D eigenvalue weighted by molar-refractivity contribution is 9.10. The zero-order valence-electron chi connectivity index (χ0n) is 18.5. The van der Waals surface area contributed by atoms with E-state index in [0.717, 1.165) is 55.4 Å². The number of rotatable bonds is 4. The van der Waals surface area contributed by atoms with Crippen LogP contribution in [-0.4, -0.2) is 85.0 Å². The fraction of sp³-hybridized carbons (Fsp3) is 0.667. The summed E-state index contributed by atoms with van der Waals surface area (Å²) in [6.07, 6.45) is 4.88. The van der Waals surface area contributed by atoms with Crippen LogP contribution in [0.2, 0.25) is 0 Å². The first-order chi connectivity index (χ1) is 15.0. The molecule has 0 spiro atoms. The predicted octanol–water partition coefficient (Wildman–Crippen LogP) is 3.04. The summed E-state index contributed by atoms with van der Waals surface area (Å²) in [5, 5.41) is 0. The standard InChI is InChI=1S/C24H34BrN3O3/c1-19-4-2-3-11-28(19)22(29)18-26-12-14-27(15-13-26)23(30)24(9-16-31-17-10-24)20-5-7-21(25)8-6-20/h5-8,19H,2-4,9-18H2,1H3. The molecule has 1 aromatic rings. The van der Waals surface area contributed by atoms with Crippen LogP contribution in [0.5, 0.6) is 0 Å². The third-order valence-electron chi connectivity index (χ3n) is 7.29. The summed E-state index contributed by atoms with van der Waals surface area (Å²) in [5.74, 6) is 0.455. The number of hydrogen-bond acceptors (Lipinski definition) is 4. The number of benzene rings is 1. The second kappa shape index (κ2) is 10.0. The van der Waals surface area contributed by atoms with Gasteiger partial charge in [-0.2, -0.15) is 0 Å². The molecule has 0 aliphatic carbocycles. The SMILES string of the molecule is CC1CCCCN1C(=O)CN1CCN(C(=O)C2(c3ccc(Br)cc3)CCOCC2)CC1. The molecule has 31 heavy (non-hydrogen) atoms. The Morgan fingerprint density at radius 2 is 1.71 bits per heavy atom. The van der Waals surface area contributed by atoms with Gasteiger partial charge in [0.05, 0.1) is 12.0 Å². The van der Waals surface area contributed by atoms with Crippen LogP contribution in [-0.2, 0) is 19.7 Å². The quantitative estimate of drug-likeness (QED) is 0.649. The Kier molecular flexibility index (Phi) is 7.34. The summed E-state index contributed by atoms with van der Waals surface area (Å²) in [4.78, 5) is 32.8. The number of ether oxygens (including phenoxy) is 1. The lowest BCUT2D eigenvalue weighted by Crippen LogP contribution is -2.57. The van der Waals surface area contributed by atoms with E-state index < -0.39 is 5.41 Å². The molecule has 1 aromatic carbocycles. The first-order valence-electron chi connectivity index (χ1n) is 11.6. The molecular weight excluding hydrogens is 458 g/mol. The second-order valence-electron chi connectivity index (χ2n) is 9.20. The highest BCUT2D eigenvalue weighted by Gasteiger charge is 2.44. The third-order valence-corrected chi connectivity index (χ3v) is 7.82. The van der Waals surface area contributed by atoms with Crippen LogP contribution in [0.3, 0.4) is 0 Å². The highest BCUT2D eigenvalue weighted by atomic mass is 79.9. The molecule has 0 aromatic heterocycles. The number of halogens is 1. The predicted molar refractivity (Wildman–Crippen MR) is 124 cm³/mol. The van der Waals surface area contributed by atoms with Gasteiger partial charge >= 0.3 is 0 Å². The maximum Gasteiger partial charge on any atom is 0.236 e. The summed E-state index contributed by atoms with van der Waals surface area (Å²) in [6, 6.07) is 8.53. The van der Waals surface area contributed by atoms with Crippen molar-refractivity contribution in [3.63, 3.8) is 0 Å². The van der Waals surface area contributed by atoms with Gasteiger partial charge in [0.1, 0.15) is 0 Å². The van der Waals surface area contributed by atoms with Crippen LogP contribution in [0.1, 0.15) is 44.6 Å². The molecule has 2 amide bonds. The first kappa shape index (κ1) is 22.7. The Morgan fingerprint density at radius 1 is 1.03 bits per heavy atom. The molecule has 3 saturated heterocycles. The minimum atomic E-state index is -0.500. The average molecular weight is 492 g/mol. The summed E-state index contributed by atoms with van der Waals surface area (Å²) < 4.78 is 6.62. The van der Waals surface area contributed by atoms with E-state index in [4.69, 9.17) is 4.74 Å². The van der Waals surface area contributed by atoms with Gasteiger partial charge in [0, 0.05) is 56.5 Å². The molecule has 0 radical (unpaired) electrons. The normalized spacial score (nSPS) is 24.8. The Bertz CT molecular complexity index is 771. The van der Waals surface area contributed by atoms with Gasteiger partial charge in [0.15, 0.2) is 0 Å². The van der Waals surface area contributed by atoms with Crippen LogP contribution in [0, 0.1) is 0 Å². The van der Waals surface area contributed by atoms with E-state index in [9.17, 15) is 9.59 Å². The van der Waals surface area contributed by atoms with Crippen LogP contribution >= 0.6 is 15.9 Å². The Balaban J connectivity index is 1.38. The monoisotopic (exact) mass is 491 g/mol. The number of hydrogen-bond donors (Lipinski definition) is 0. The summed E-state index contributed by atoms with van der Waals surface area (Å²) in [6.45, 7) is 7.62. The van der Waals surface area contributed by atoms with E-state index in [2.05, 4.69) is 39.9 Å². The molecule has 3 aliphatic rings. The maximum atomic E-state index is 13.7. The smallest absolute Gasteiger partial charge is 0.236 e. The lowest BCUT2D eigenvalue weighted by molar-refractivity contribution is -0.143. The van der Waals surface area contributed by atoms with E-state index in [1.807, 2.05) is 21.9 Å². The van der Waals surface area contributed by atoms with Gasteiger partial charge in [0.25, 0.3) is 0 Å². The minimum absolute atomic E-state index is 0.216. The molecule has 170 valence electrons. The maximum absolute atomic E-state index is 13.7. The molecule has 1 atom stereocenters. The highest BCUT2D eigenvalue weighted by Crippen LogP contribution is 2.37. The van der Waals surface area contributed by atoms with Crippen molar-refractivity contribution in [3.05, 3.63) is 34.3 Å². The molecular formula is C24H34BrN3O3. The van der Waals surface area contributed by atoms with Crippen molar-refractivity contribution < 1.29 is 14.3 Å². The molecule has 0 saturated carbocycles. The van der Waals surface area contributed by atoms with Crippen LogP contribution in [0.15, 0.2) is 28.7 Å². The number of carbonyl (C=O) groups excluding carboxylic acids is 2.